The van der Waals surface area contributed by atoms with Crippen LogP contribution >= 0.6 is 0 Å². The second-order valence-corrected chi connectivity index (χ2v) is 7.04. The SMILES string of the molecule is Cc1ccc(OCC2(O)CCCN(C(=O)c3ccc(C)[nH]c3=O)C2)cc1. The van der Waals surface area contributed by atoms with E-state index < -0.39 is 11.2 Å². The van der Waals surface area contributed by atoms with Crippen LogP contribution in [0.1, 0.15) is 34.5 Å². The topological polar surface area (TPSA) is 82.6 Å². The lowest BCUT2D eigenvalue weighted by molar-refractivity contribution is -0.0532. The summed E-state index contributed by atoms with van der Waals surface area (Å²) in [5.41, 5.74) is 0.400. The van der Waals surface area contributed by atoms with Crippen molar-refractivity contribution in [3.63, 3.8) is 0 Å². The molecule has 6 nitrogen and oxygen atoms in total. The molecule has 1 aromatic carbocycles. The highest BCUT2D eigenvalue weighted by atomic mass is 16.5. The third kappa shape index (κ3) is 4.14. The summed E-state index contributed by atoms with van der Waals surface area (Å²) in [6.45, 7) is 4.51. The Labute approximate surface area is 152 Å². The number of ether oxygens (including phenoxy) is 1. The van der Waals surface area contributed by atoms with Crippen LogP contribution < -0.4 is 10.3 Å². The van der Waals surface area contributed by atoms with E-state index in [0.717, 1.165) is 5.56 Å². The minimum absolute atomic E-state index is 0.0966. The minimum atomic E-state index is -1.13. The van der Waals surface area contributed by atoms with Crippen molar-refractivity contribution < 1.29 is 14.6 Å². The monoisotopic (exact) mass is 356 g/mol. The lowest BCUT2D eigenvalue weighted by atomic mass is 9.93. The molecule has 0 radical (unpaired) electrons. The van der Waals surface area contributed by atoms with Gasteiger partial charge in [-0.1, -0.05) is 17.7 Å². The van der Waals surface area contributed by atoms with Gasteiger partial charge in [-0.25, -0.2) is 0 Å². The van der Waals surface area contributed by atoms with Crippen molar-refractivity contribution in [1.82, 2.24) is 9.88 Å². The number of piperidine rings is 1. The number of aryl methyl sites for hydroxylation is 2. The molecule has 1 fully saturated rings. The molecule has 3 rings (SSSR count). The van der Waals surface area contributed by atoms with Gasteiger partial charge >= 0.3 is 0 Å². The molecule has 1 atom stereocenters. The summed E-state index contributed by atoms with van der Waals surface area (Å²) in [7, 11) is 0. The van der Waals surface area contributed by atoms with Gasteiger partial charge in [0.25, 0.3) is 11.5 Å². The van der Waals surface area contributed by atoms with Gasteiger partial charge in [-0.2, -0.15) is 0 Å². The Hall–Kier alpha value is -2.60. The van der Waals surface area contributed by atoms with Gasteiger partial charge in [0.2, 0.25) is 0 Å². The van der Waals surface area contributed by atoms with Crippen molar-refractivity contribution in [2.24, 2.45) is 0 Å². The maximum atomic E-state index is 12.7. The Morgan fingerprint density at radius 2 is 1.96 bits per heavy atom. The minimum Gasteiger partial charge on any atom is -0.491 e. The summed E-state index contributed by atoms with van der Waals surface area (Å²) in [6, 6.07) is 10.8. The number of carbonyl (C=O) groups excluding carboxylic acids is 1. The molecule has 138 valence electrons. The predicted molar refractivity (Wildman–Crippen MR) is 98.6 cm³/mol. The van der Waals surface area contributed by atoms with Gasteiger partial charge in [0.1, 0.15) is 23.5 Å². The Morgan fingerprint density at radius 3 is 2.65 bits per heavy atom. The fourth-order valence-electron chi connectivity index (χ4n) is 3.17. The molecule has 2 N–H and O–H groups in total. The summed E-state index contributed by atoms with van der Waals surface area (Å²) in [5.74, 6) is 0.321. The van der Waals surface area contributed by atoms with Crippen molar-refractivity contribution in [2.45, 2.75) is 32.3 Å². The number of aromatic nitrogens is 1. The summed E-state index contributed by atoms with van der Waals surface area (Å²) < 4.78 is 5.72. The molecule has 0 saturated carbocycles. The Bertz CT molecular complexity index is 844. The van der Waals surface area contributed by atoms with Crippen molar-refractivity contribution in [3.05, 3.63) is 63.6 Å². The number of benzene rings is 1. The van der Waals surface area contributed by atoms with Crippen molar-refractivity contribution in [2.75, 3.05) is 19.7 Å². The number of aliphatic hydroxyl groups is 1. The molecule has 26 heavy (non-hydrogen) atoms. The first-order valence-electron chi connectivity index (χ1n) is 8.77. The molecular weight excluding hydrogens is 332 g/mol. The zero-order chi connectivity index (χ0) is 18.7. The van der Waals surface area contributed by atoms with Gasteiger partial charge in [0, 0.05) is 12.2 Å². The zero-order valence-corrected chi connectivity index (χ0v) is 15.1. The molecule has 1 unspecified atom stereocenters. The number of pyridine rings is 1. The number of H-pyrrole nitrogens is 1. The van der Waals surface area contributed by atoms with Crippen LogP contribution in [0.15, 0.2) is 41.2 Å². The third-order valence-electron chi connectivity index (χ3n) is 4.66. The molecule has 1 aliphatic rings. The number of β-amino-alcohol motifs (C(OH)–C–C–N with tert-alkyl or cyclic N) is 1. The summed E-state index contributed by atoms with van der Waals surface area (Å²) >= 11 is 0. The molecule has 2 aromatic rings. The Balaban J connectivity index is 1.68. The highest BCUT2D eigenvalue weighted by Crippen LogP contribution is 2.24. The van der Waals surface area contributed by atoms with Crippen LogP contribution in [0.5, 0.6) is 5.75 Å². The van der Waals surface area contributed by atoms with E-state index in [4.69, 9.17) is 4.74 Å². The van der Waals surface area contributed by atoms with E-state index in [9.17, 15) is 14.7 Å². The number of nitrogens with one attached hydrogen (secondary N) is 1. The van der Waals surface area contributed by atoms with E-state index in [1.807, 2.05) is 31.2 Å². The van der Waals surface area contributed by atoms with Crippen LogP contribution in [0.3, 0.4) is 0 Å². The maximum Gasteiger partial charge on any atom is 0.260 e. The molecule has 1 saturated heterocycles. The molecule has 2 heterocycles. The molecule has 1 aromatic heterocycles. The second-order valence-electron chi connectivity index (χ2n) is 7.04. The van der Waals surface area contributed by atoms with E-state index in [0.29, 0.717) is 30.8 Å². The van der Waals surface area contributed by atoms with Crippen molar-refractivity contribution >= 4 is 5.91 Å². The van der Waals surface area contributed by atoms with Crippen LogP contribution in [0.25, 0.3) is 0 Å². The number of carbonyl (C=O) groups is 1. The molecule has 1 amide bonds. The zero-order valence-electron chi connectivity index (χ0n) is 15.1. The molecule has 0 bridgehead atoms. The van der Waals surface area contributed by atoms with E-state index in [2.05, 4.69) is 4.98 Å². The van der Waals surface area contributed by atoms with Crippen molar-refractivity contribution in [3.8, 4) is 5.75 Å². The fourth-order valence-corrected chi connectivity index (χ4v) is 3.17. The number of likely N-dealkylation sites (tertiary alicyclic amines) is 1. The Kier molecular flexibility index (Phi) is 5.13. The molecule has 0 aliphatic carbocycles. The lowest BCUT2D eigenvalue weighted by Gasteiger charge is -2.38. The highest BCUT2D eigenvalue weighted by molar-refractivity contribution is 5.94. The number of aromatic amines is 1. The number of hydrogen-bond donors (Lipinski definition) is 2. The first-order chi connectivity index (χ1) is 12.4. The first-order valence-corrected chi connectivity index (χ1v) is 8.77. The molecular formula is C20H24N2O4. The van der Waals surface area contributed by atoms with Crippen LogP contribution in [-0.4, -0.2) is 46.2 Å². The van der Waals surface area contributed by atoms with E-state index in [1.165, 1.54) is 11.0 Å². The number of nitrogens with zero attached hydrogens (tertiary/aromatic N) is 1. The molecule has 1 aliphatic heterocycles. The predicted octanol–water partition coefficient (Wildman–Crippen LogP) is 2.04. The highest BCUT2D eigenvalue weighted by Gasteiger charge is 2.36. The quantitative estimate of drug-likeness (QED) is 0.878. The Morgan fingerprint density at radius 1 is 1.23 bits per heavy atom. The van der Waals surface area contributed by atoms with E-state index in [-0.39, 0.29) is 24.6 Å². The summed E-state index contributed by atoms with van der Waals surface area (Å²) in [4.78, 5) is 28.9. The largest absolute Gasteiger partial charge is 0.491 e. The van der Waals surface area contributed by atoms with Crippen LogP contribution in [0.4, 0.5) is 0 Å². The third-order valence-corrected chi connectivity index (χ3v) is 4.66. The normalized spacial score (nSPS) is 20.0. The van der Waals surface area contributed by atoms with Gasteiger partial charge in [0.05, 0.1) is 6.54 Å². The van der Waals surface area contributed by atoms with E-state index >= 15 is 0 Å². The van der Waals surface area contributed by atoms with Gasteiger partial charge in [-0.05, 0) is 51.0 Å². The molecule has 0 spiro atoms. The average molecular weight is 356 g/mol. The van der Waals surface area contributed by atoms with Crippen molar-refractivity contribution in [1.29, 1.82) is 0 Å². The average Bonchev–Trinajstić information content (AvgIpc) is 2.61. The van der Waals surface area contributed by atoms with Gasteiger partial charge in [0.15, 0.2) is 0 Å². The smallest absolute Gasteiger partial charge is 0.260 e. The summed E-state index contributed by atoms with van der Waals surface area (Å²) in [5, 5.41) is 10.9. The summed E-state index contributed by atoms with van der Waals surface area (Å²) in [6.07, 6.45) is 1.20. The maximum absolute atomic E-state index is 12.7. The standard InChI is InChI=1S/C20H24N2O4/c1-14-4-7-16(8-5-14)26-13-20(25)10-3-11-22(12-20)19(24)17-9-6-15(2)21-18(17)23/h4-9,25H,3,10-13H2,1-2H3,(H,21,23). The first kappa shape index (κ1) is 18.2. The van der Waals surface area contributed by atoms with Gasteiger partial charge in [-0.15, -0.1) is 0 Å². The van der Waals surface area contributed by atoms with E-state index in [1.54, 1.807) is 13.0 Å². The van der Waals surface area contributed by atoms with Crippen LogP contribution in [0, 0.1) is 13.8 Å². The fraction of sp³-hybridized carbons (Fsp3) is 0.400. The lowest BCUT2D eigenvalue weighted by Crippen LogP contribution is -2.53. The number of amides is 1. The van der Waals surface area contributed by atoms with Gasteiger partial charge in [-0.3, -0.25) is 9.59 Å². The number of rotatable bonds is 4. The van der Waals surface area contributed by atoms with Crippen LogP contribution in [-0.2, 0) is 0 Å². The number of hydrogen-bond acceptors (Lipinski definition) is 4. The van der Waals surface area contributed by atoms with Crippen LogP contribution in [0.2, 0.25) is 0 Å². The molecule has 6 heteroatoms. The van der Waals surface area contributed by atoms with Gasteiger partial charge < -0.3 is 19.7 Å². The second kappa shape index (κ2) is 7.33.